The zero-order chi connectivity index (χ0) is 14.4. The highest BCUT2D eigenvalue weighted by Gasteiger charge is 2.06. The minimum atomic E-state index is -0.577. The molecule has 5 heteroatoms. The van der Waals surface area contributed by atoms with Crippen LogP contribution in [0.5, 0.6) is 5.75 Å². The molecule has 2 aromatic rings. The molecule has 0 aliphatic carbocycles. The van der Waals surface area contributed by atoms with E-state index in [1.54, 1.807) is 6.20 Å². The van der Waals surface area contributed by atoms with Gasteiger partial charge in [0, 0.05) is 6.54 Å². The number of oxazole rings is 1. The maximum absolute atomic E-state index is 9.82. The molecule has 20 heavy (non-hydrogen) atoms. The van der Waals surface area contributed by atoms with E-state index in [0.29, 0.717) is 19.0 Å². The van der Waals surface area contributed by atoms with E-state index in [1.165, 1.54) is 0 Å². The number of ether oxygens (including phenoxy) is 1. The molecule has 2 rings (SSSR count). The molecule has 0 saturated carbocycles. The fourth-order valence-corrected chi connectivity index (χ4v) is 1.79. The van der Waals surface area contributed by atoms with Crippen LogP contribution in [-0.4, -0.2) is 29.3 Å². The number of aliphatic hydroxyl groups is 1. The Morgan fingerprint density at radius 1 is 1.40 bits per heavy atom. The quantitative estimate of drug-likeness (QED) is 0.807. The third-order valence-corrected chi connectivity index (χ3v) is 2.76. The maximum Gasteiger partial charge on any atom is 0.208 e. The number of hydrogen-bond donors (Lipinski definition) is 2. The molecule has 0 aliphatic rings. The first kappa shape index (κ1) is 14.6. The molecule has 0 radical (unpaired) electrons. The van der Waals surface area contributed by atoms with Crippen LogP contribution in [0.4, 0.5) is 0 Å². The molecule has 1 atom stereocenters. The lowest BCUT2D eigenvalue weighted by Crippen LogP contribution is -2.31. The lowest BCUT2D eigenvalue weighted by Gasteiger charge is -2.13. The predicted octanol–water partition coefficient (Wildman–Crippen LogP) is 1.82. The standard InChI is InChI=1S/C15H20N2O3/c1-11-4-3-5-14(6-11)19-10-13(18)8-16-9-15-17-7-12(2)20-15/h3-7,13,16,18H,8-10H2,1-2H3. The lowest BCUT2D eigenvalue weighted by molar-refractivity contribution is 0.105. The number of rotatable bonds is 7. The summed E-state index contributed by atoms with van der Waals surface area (Å²) in [7, 11) is 0. The van der Waals surface area contributed by atoms with E-state index in [9.17, 15) is 5.11 Å². The molecule has 0 amide bonds. The molecule has 1 unspecified atom stereocenters. The number of nitrogens with zero attached hydrogens (tertiary/aromatic N) is 1. The van der Waals surface area contributed by atoms with Crippen molar-refractivity contribution in [3.63, 3.8) is 0 Å². The second-order valence-electron chi connectivity index (χ2n) is 4.78. The van der Waals surface area contributed by atoms with Crippen LogP contribution in [0.3, 0.4) is 0 Å². The first-order valence-electron chi connectivity index (χ1n) is 6.63. The number of aliphatic hydroxyl groups excluding tert-OH is 1. The van der Waals surface area contributed by atoms with Gasteiger partial charge in [0.2, 0.25) is 5.89 Å². The van der Waals surface area contributed by atoms with Crippen LogP contribution in [0.1, 0.15) is 17.2 Å². The minimum Gasteiger partial charge on any atom is -0.491 e. The van der Waals surface area contributed by atoms with Crippen LogP contribution < -0.4 is 10.1 Å². The molecule has 0 saturated heterocycles. The largest absolute Gasteiger partial charge is 0.491 e. The number of nitrogens with one attached hydrogen (secondary N) is 1. The zero-order valence-corrected chi connectivity index (χ0v) is 11.8. The average Bonchev–Trinajstić information content (AvgIpc) is 2.82. The average molecular weight is 276 g/mol. The summed E-state index contributed by atoms with van der Waals surface area (Å²) in [4.78, 5) is 4.07. The predicted molar refractivity (Wildman–Crippen MR) is 75.6 cm³/mol. The minimum absolute atomic E-state index is 0.251. The zero-order valence-electron chi connectivity index (χ0n) is 11.8. The molecule has 0 spiro atoms. The maximum atomic E-state index is 9.82. The van der Waals surface area contributed by atoms with E-state index in [0.717, 1.165) is 17.1 Å². The highest BCUT2D eigenvalue weighted by Crippen LogP contribution is 2.12. The summed E-state index contributed by atoms with van der Waals surface area (Å²) in [6.07, 6.45) is 1.10. The molecule has 108 valence electrons. The third-order valence-electron chi connectivity index (χ3n) is 2.76. The lowest BCUT2D eigenvalue weighted by atomic mass is 10.2. The van der Waals surface area contributed by atoms with Crippen LogP contribution in [0.2, 0.25) is 0 Å². The third kappa shape index (κ3) is 4.68. The number of aryl methyl sites for hydroxylation is 2. The monoisotopic (exact) mass is 276 g/mol. The smallest absolute Gasteiger partial charge is 0.208 e. The molecule has 0 aliphatic heterocycles. The van der Waals surface area contributed by atoms with Gasteiger partial charge in [-0.05, 0) is 31.5 Å². The normalized spacial score (nSPS) is 12.3. The van der Waals surface area contributed by atoms with Crippen molar-refractivity contribution in [3.05, 3.63) is 47.7 Å². The molecule has 0 bridgehead atoms. The summed E-state index contributed by atoms with van der Waals surface area (Å²) in [6.45, 7) is 5.02. The summed E-state index contributed by atoms with van der Waals surface area (Å²) in [5.41, 5.74) is 1.13. The Labute approximate surface area is 118 Å². The molecular formula is C15H20N2O3. The first-order valence-corrected chi connectivity index (χ1v) is 6.63. The van der Waals surface area contributed by atoms with Crippen molar-refractivity contribution in [3.8, 4) is 5.75 Å². The highest BCUT2D eigenvalue weighted by atomic mass is 16.5. The van der Waals surface area contributed by atoms with Crippen molar-refractivity contribution in [2.75, 3.05) is 13.2 Å². The Hall–Kier alpha value is -1.85. The van der Waals surface area contributed by atoms with Crippen molar-refractivity contribution < 1.29 is 14.3 Å². The van der Waals surface area contributed by atoms with Gasteiger partial charge in [-0.3, -0.25) is 0 Å². The fourth-order valence-electron chi connectivity index (χ4n) is 1.79. The molecule has 1 aromatic heterocycles. The Kier molecular flexibility index (Phi) is 5.15. The first-order chi connectivity index (χ1) is 9.63. The summed E-state index contributed by atoms with van der Waals surface area (Å²) in [6, 6.07) is 7.75. The van der Waals surface area contributed by atoms with Gasteiger partial charge >= 0.3 is 0 Å². The van der Waals surface area contributed by atoms with E-state index in [4.69, 9.17) is 9.15 Å². The van der Waals surface area contributed by atoms with Crippen LogP contribution in [0, 0.1) is 13.8 Å². The van der Waals surface area contributed by atoms with Gasteiger partial charge in [-0.1, -0.05) is 12.1 Å². The van der Waals surface area contributed by atoms with Crippen LogP contribution >= 0.6 is 0 Å². The summed E-state index contributed by atoms with van der Waals surface area (Å²) in [5, 5.41) is 12.9. The van der Waals surface area contributed by atoms with Gasteiger partial charge in [0.1, 0.15) is 24.2 Å². The Bertz CT molecular complexity index is 539. The molecule has 5 nitrogen and oxygen atoms in total. The van der Waals surface area contributed by atoms with Crippen LogP contribution in [0.15, 0.2) is 34.9 Å². The Balaban J connectivity index is 1.66. The van der Waals surface area contributed by atoms with Crippen molar-refractivity contribution in [2.45, 2.75) is 26.5 Å². The van der Waals surface area contributed by atoms with Gasteiger partial charge in [-0.15, -0.1) is 0 Å². The molecule has 0 fully saturated rings. The molecule has 2 N–H and O–H groups in total. The Morgan fingerprint density at radius 3 is 2.95 bits per heavy atom. The van der Waals surface area contributed by atoms with Crippen molar-refractivity contribution in [2.24, 2.45) is 0 Å². The van der Waals surface area contributed by atoms with Gasteiger partial charge < -0.3 is 19.6 Å². The van der Waals surface area contributed by atoms with Crippen LogP contribution in [0.25, 0.3) is 0 Å². The van der Waals surface area contributed by atoms with E-state index >= 15 is 0 Å². The summed E-state index contributed by atoms with van der Waals surface area (Å²) >= 11 is 0. The molecular weight excluding hydrogens is 256 g/mol. The topological polar surface area (TPSA) is 67.5 Å². The second-order valence-corrected chi connectivity index (χ2v) is 4.78. The molecule has 1 aromatic carbocycles. The van der Waals surface area contributed by atoms with E-state index < -0.39 is 6.10 Å². The van der Waals surface area contributed by atoms with E-state index in [-0.39, 0.29) is 6.61 Å². The molecule has 1 heterocycles. The van der Waals surface area contributed by atoms with Crippen molar-refractivity contribution in [1.29, 1.82) is 0 Å². The van der Waals surface area contributed by atoms with Gasteiger partial charge in [-0.25, -0.2) is 4.98 Å². The van der Waals surface area contributed by atoms with Crippen LogP contribution in [-0.2, 0) is 6.54 Å². The van der Waals surface area contributed by atoms with Gasteiger partial charge in [0.25, 0.3) is 0 Å². The Morgan fingerprint density at radius 2 is 2.25 bits per heavy atom. The fraction of sp³-hybridized carbons (Fsp3) is 0.400. The summed E-state index contributed by atoms with van der Waals surface area (Å²) in [5.74, 6) is 2.17. The van der Waals surface area contributed by atoms with Gasteiger partial charge in [-0.2, -0.15) is 0 Å². The van der Waals surface area contributed by atoms with E-state index in [1.807, 2.05) is 38.1 Å². The number of aromatic nitrogens is 1. The van der Waals surface area contributed by atoms with Gasteiger partial charge in [0.15, 0.2) is 0 Å². The van der Waals surface area contributed by atoms with Crippen molar-refractivity contribution >= 4 is 0 Å². The number of hydrogen-bond acceptors (Lipinski definition) is 5. The highest BCUT2D eigenvalue weighted by molar-refractivity contribution is 5.27. The van der Waals surface area contributed by atoms with Gasteiger partial charge in [0.05, 0.1) is 12.7 Å². The second kappa shape index (κ2) is 7.07. The SMILES string of the molecule is Cc1cccc(OCC(O)CNCc2ncc(C)o2)c1. The summed E-state index contributed by atoms with van der Waals surface area (Å²) < 4.78 is 10.8. The van der Waals surface area contributed by atoms with Crippen molar-refractivity contribution in [1.82, 2.24) is 10.3 Å². The van der Waals surface area contributed by atoms with E-state index in [2.05, 4.69) is 10.3 Å². The number of benzene rings is 1.